The molecule has 0 spiro atoms. The van der Waals surface area contributed by atoms with Crippen molar-refractivity contribution in [2.45, 2.75) is 25.8 Å². The van der Waals surface area contributed by atoms with Crippen LogP contribution < -0.4 is 11.4 Å². The number of hydrogen-bond donors (Lipinski definition) is 2. The molecule has 1 atom stereocenters. The predicted molar refractivity (Wildman–Crippen MR) is 53.6 cm³/mol. The summed E-state index contributed by atoms with van der Waals surface area (Å²) >= 11 is 4.87. The van der Waals surface area contributed by atoms with Gasteiger partial charge in [-0.05, 0) is 6.42 Å². The minimum Gasteiger partial charge on any atom is -0.392 e. The monoisotopic (exact) mass is 200 g/mol. The van der Waals surface area contributed by atoms with Gasteiger partial charge in [0.25, 0.3) is 0 Å². The first-order chi connectivity index (χ1) is 6.16. The number of H-pyrrole nitrogens is 1. The Hall–Kier alpha value is -1.17. The number of nitrogens with two attached hydrogens (primary N) is 1. The first-order valence-corrected chi connectivity index (χ1v) is 4.48. The van der Waals surface area contributed by atoms with Crippen molar-refractivity contribution in [2.75, 3.05) is 0 Å². The van der Waals surface area contributed by atoms with Crippen molar-refractivity contribution in [1.82, 2.24) is 14.8 Å². The second-order valence-corrected chi connectivity index (χ2v) is 3.25. The highest BCUT2D eigenvalue weighted by Gasteiger charge is 2.14. The van der Waals surface area contributed by atoms with E-state index in [4.69, 9.17) is 18.0 Å². The zero-order valence-corrected chi connectivity index (χ0v) is 8.17. The normalized spacial score (nSPS) is 12.7. The van der Waals surface area contributed by atoms with E-state index in [-0.39, 0.29) is 11.7 Å². The fourth-order valence-corrected chi connectivity index (χ4v) is 1.40. The van der Waals surface area contributed by atoms with Gasteiger partial charge in [0, 0.05) is 0 Å². The molecule has 1 heterocycles. The number of nitrogens with zero attached hydrogens (tertiary/aromatic N) is 2. The minimum atomic E-state index is -0.272. The minimum absolute atomic E-state index is 0.216. The second kappa shape index (κ2) is 4.18. The molecule has 0 aliphatic carbocycles. The molecule has 0 saturated carbocycles. The molecule has 0 fully saturated rings. The van der Waals surface area contributed by atoms with Gasteiger partial charge in [0.05, 0.1) is 11.0 Å². The van der Waals surface area contributed by atoms with Crippen LogP contribution in [0.2, 0.25) is 0 Å². The van der Waals surface area contributed by atoms with Crippen LogP contribution in [0.15, 0.2) is 11.1 Å². The molecule has 0 bridgehead atoms. The SMILES string of the molecule is CCCC(C(N)=S)n1cn[nH]c1=O. The summed E-state index contributed by atoms with van der Waals surface area (Å²) in [4.78, 5) is 11.5. The zero-order chi connectivity index (χ0) is 9.84. The van der Waals surface area contributed by atoms with Gasteiger partial charge in [-0.2, -0.15) is 5.10 Å². The summed E-state index contributed by atoms with van der Waals surface area (Å²) in [5.74, 6) is 0. The zero-order valence-electron chi connectivity index (χ0n) is 7.36. The van der Waals surface area contributed by atoms with E-state index < -0.39 is 0 Å². The van der Waals surface area contributed by atoms with Crippen LogP contribution in [-0.2, 0) is 0 Å². The Bertz CT molecular complexity index is 342. The van der Waals surface area contributed by atoms with Crippen molar-refractivity contribution in [3.8, 4) is 0 Å². The van der Waals surface area contributed by atoms with E-state index in [2.05, 4.69) is 10.2 Å². The molecule has 0 aromatic carbocycles. The van der Waals surface area contributed by atoms with E-state index in [1.165, 1.54) is 10.9 Å². The highest BCUT2D eigenvalue weighted by atomic mass is 32.1. The predicted octanol–water partition coefficient (Wildman–Crippen LogP) is 0.199. The Morgan fingerprint density at radius 1 is 1.92 bits per heavy atom. The van der Waals surface area contributed by atoms with Gasteiger partial charge >= 0.3 is 5.69 Å². The topological polar surface area (TPSA) is 76.7 Å². The molecule has 0 aliphatic heterocycles. The first-order valence-electron chi connectivity index (χ1n) is 4.07. The van der Waals surface area contributed by atoms with Crippen molar-refractivity contribution in [3.05, 3.63) is 16.8 Å². The number of aromatic nitrogens is 3. The molecular weight excluding hydrogens is 188 g/mol. The maximum atomic E-state index is 11.2. The highest BCUT2D eigenvalue weighted by molar-refractivity contribution is 7.80. The molecular formula is C7H12N4OS. The quantitative estimate of drug-likeness (QED) is 0.681. The largest absolute Gasteiger partial charge is 0.392 e. The van der Waals surface area contributed by atoms with Crippen LogP contribution >= 0.6 is 12.2 Å². The molecule has 0 radical (unpaired) electrons. The smallest absolute Gasteiger partial charge is 0.343 e. The van der Waals surface area contributed by atoms with Gasteiger partial charge in [0.2, 0.25) is 0 Å². The Morgan fingerprint density at radius 3 is 3.00 bits per heavy atom. The summed E-state index contributed by atoms with van der Waals surface area (Å²) in [5.41, 5.74) is 5.24. The van der Waals surface area contributed by atoms with Gasteiger partial charge in [0.1, 0.15) is 6.33 Å². The van der Waals surface area contributed by atoms with Gasteiger partial charge in [-0.1, -0.05) is 25.6 Å². The molecule has 72 valence electrons. The van der Waals surface area contributed by atoms with E-state index in [1.807, 2.05) is 6.92 Å². The molecule has 0 aliphatic rings. The van der Waals surface area contributed by atoms with Crippen molar-refractivity contribution < 1.29 is 0 Å². The van der Waals surface area contributed by atoms with Crippen LogP contribution in [0.1, 0.15) is 25.8 Å². The lowest BCUT2D eigenvalue weighted by Crippen LogP contribution is -2.30. The van der Waals surface area contributed by atoms with E-state index in [1.54, 1.807) is 0 Å². The van der Waals surface area contributed by atoms with Crippen LogP contribution in [0.5, 0.6) is 0 Å². The van der Waals surface area contributed by atoms with E-state index >= 15 is 0 Å². The third-order valence-corrected chi connectivity index (χ3v) is 2.08. The molecule has 13 heavy (non-hydrogen) atoms. The van der Waals surface area contributed by atoms with Gasteiger partial charge in [-0.3, -0.25) is 4.57 Å². The third kappa shape index (κ3) is 2.15. The number of nitrogens with one attached hydrogen (secondary N) is 1. The van der Waals surface area contributed by atoms with Gasteiger partial charge in [-0.25, -0.2) is 9.89 Å². The molecule has 6 heteroatoms. The number of aromatic amines is 1. The second-order valence-electron chi connectivity index (χ2n) is 2.78. The summed E-state index contributed by atoms with van der Waals surface area (Å²) in [6.45, 7) is 2.01. The van der Waals surface area contributed by atoms with Crippen LogP contribution in [-0.4, -0.2) is 19.8 Å². The molecule has 1 aromatic heterocycles. The fraction of sp³-hybridized carbons (Fsp3) is 0.571. The molecule has 3 N–H and O–H groups in total. The summed E-state index contributed by atoms with van der Waals surface area (Å²) in [7, 11) is 0. The van der Waals surface area contributed by atoms with Crippen molar-refractivity contribution in [3.63, 3.8) is 0 Å². The van der Waals surface area contributed by atoms with Crippen molar-refractivity contribution in [1.29, 1.82) is 0 Å². The van der Waals surface area contributed by atoms with Crippen molar-refractivity contribution in [2.24, 2.45) is 5.73 Å². The van der Waals surface area contributed by atoms with Crippen LogP contribution in [0.4, 0.5) is 0 Å². The maximum Gasteiger partial charge on any atom is 0.343 e. The van der Waals surface area contributed by atoms with E-state index in [0.29, 0.717) is 4.99 Å². The molecule has 0 amide bonds. The third-order valence-electron chi connectivity index (χ3n) is 1.80. The van der Waals surface area contributed by atoms with Crippen molar-refractivity contribution >= 4 is 17.2 Å². The average molecular weight is 200 g/mol. The van der Waals surface area contributed by atoms with E-state index in [0.717, 1.165) is 12.8 Å². The highest BCUT2D eigenvalue weighted by Crippen LogP contribution is 2.10. The summed E-state index contributed by atoms with van der Waals surface area (Å²) in [5, 5.41) is 5.92. The van der Waals surface area contributed by atoms with E-state index in [9.17, 15) is 4.79 Å². The molecule has 1 rings (SSSR count). The molecule has 5 nitrogen and oxygen atoms in total. The average Bonchev–Trinajstić information content (AvgIpc) is 2.47. The van der Waals surface area contributed by atoms with Crippen LogP contribution in [0, 0.1) is 0 Å². The van der Waals surface area contributed by atoms with Gasteiger partial charge in [0.15, 0.2) is 0 Å². The standard InChI is InChI=1S/C7H12N4OS/c1-2-3-5(6(8)13)11-4-9-10-7(11)12/h4-5H,2-3H2,1H3,(H2,8,13)(H,10,12). The Labute approximate surface area is 80.9 Å². The summed E-state index contributed by atoms with van der Waals surface area (Å²) in [6, 6.07) is -0.216. The van der Waals surface area contributed by atoms with Crippen LogP contribution in [0.25, 0.3) is 0 Å². The fourth-order valence-electron chi connectivity index (χ4n) is 1.17. The Morgan fingerprint density at radius 2 is 2.62 bits per heavy atom. The van der Waals surface area contributed by atoms with Gasteiger partial charge < -0.3 is 5.73 Å². The molecule has 0 saturated heterocycles. The number of rotatable bonds is 4. The number of hydrogen-bond acceptors (Lipinski definition) is 3. The molecule has 1 unspecified atom stereocenters. The summed E-state index contributed by atoms with van der Waals surface area (Å²) in [6.07, 6.45) is 3.09. The lowest BCUT2D eigenvalue weighted by Gasteiger charge is -2.13. The van der Waals surface area contributed by atoms with Gasteiger partial charge in [-0.15, -0.1) is 0 Å². The Kier molecular flexibility index (Phi) is 3.18. The Balaban J connectivity index is 2.95. The first kappa shape index (κ1) is 9.91. The lowest BCUT2D eigenvalue weighted by atomic mass is 10.1. The molecule has 1 aromatic rings. The summed E-state index contributed by atoms with van der Waals surface area (Å²) < 4.78 is 1.42. The number of thiocarbonyl (C=S) groups is 1. The maximum absolute atomic E-state index is 11.2. The lowest BCUT2D eigenvalue weighted by molar-refractivity contribution is 0.564. The van der Waals surface area contributed by atoms with Crippen LogP contribution in [0.3, 0.4) is 0 Å².